The first-order valence-corrected chi connectivity index (χ1v) is 14.2. The van der Waals surface area contributed by atoms with Crippen molar-refractivity contribution in [1.29, 1.82) is 0 Å². The van der Waals surface area contributed by atoms with Crippen LogP contribution in [0.2, 0.25) is 0 Å². The number of amides is 2. The molecule has 0 saturated heterocycles. The van der Waals surface area contributed by atoms with E-state index in [1.807, 2.05) is 30.3 Å². The topological polar surface area (TPSA) is 61.8 Å². The Morgan fingerprint density at radius 3 is 2.32 bits per heavy atom. The number of halogens is 1. The van der Waals surface area contributed by atoms with Gasteiger partial charge in [-0.1, -0.05) is 42.1 Å². The van der Waals surface area contributed by atoms with Gasteiger partial charge in [-0.05, 0) is 105 Å². The molecule has 37 heavy (non-hydrogen) atoms. The lowest BCUT2D eigenvalue weighted by Crippen LogP contribution is -2.56. The molecule has 5 aliphatic rings. The summed E-state index contributed by atoms with van der Waals surface area (Å²) in [4.78, 5) is 32.5. The average Bonchev–Trinajstić information content (AvgIpc) is 3.18. The molecular formula is C30H32FN3O2S. The van der Waals surface area contributed by atoms with Gasteiger partial charge in [0.15, 0.2) is 5.17 Å². The van der Waals surface area contributed by atoms with E-state index in [1.165, 1.54) is 67.3 Å². The Hall–Kier alpha value is -2.93. The summed E-state index contributed by atoms with van der Waals surface area (Å²) in [5.41, 5.74) is 1.92. The number of hydrogen-bond acceptors (Lipinski definition) is 4. The van der Waals surface area contributed by atoms with E-state index in [9.17, 15) is 14.0 Å². The SMILES string of the molecule is CC(NC(=O)CSC1=N/C(=C/c2ccccc2)C(=O)N1c1ccc(F)cc1)C12CC3CC(CC(C3)C1)C2. The highest BCUT2D eigenvalue weighted by atomic mass is 32.2. The van der Waals surface area contributed by atoms with Crippen molar-refractivity contribution in [3.05, 3.63) is 71.7 Å². The maximum absolute atomic E-state index is 13.6. The van der Waals surface area contributed by atoms with Gasteiger partial charge in [-0.3, -0.25) is 14.5 Å². The fourth-order valence-corrected chi connectivity index (χ4v) is 8.22. The third kappa shape index (κ3) is 4.86. The Morgan fingerprint density at radius 1 is 1.08 bits per heavy atom. The normalized spacial score (nSPS) is 30.1. The van der Waals surface area contributed by atoms with E-state index in [2.05, 4.69) is 17.2 Å². The molecule has 7 heteroatoms. The van der Waals surface area contributed by atoms with E-state index in [1.54, 1.807) is 18.2 Å². The summed E-state index contributed by atoms with van der Waals surface area (Å²) in [6, 6.07) is 15.4. The highest BCUT2D eigenvalue weighted by molar-refractivity contribution is 8.14. The lowest BCUT2D eigenvalue weighted by atomic mass is 9.48. The van der Waals surface area contributed by atoms with E-state index in [0.717, 1.165) is 23.3 Å². The predicted octanol–water partition coefficient (Wildman–Crippen LogP) is 6.02. The van der Waals surface area contributed by atoms with E-state index < -0.39 is 0 Å². The first kappa shape index (κ1) is 24.4. The van der Waals surface area contributed by atoms with Crippen LogP contribution in [0.3, 0.4) is 0 Å². The number of carbonyl (C=O) groups is 2. The van der Waals surface area contributed by atoms with Gasteiger partial charge in [0.25, 0.3) is 5.91 Å². The monoisotopic (exact) mass is 517 g/mol. The van der Waals surface area contributed by atoms with Crippen molar-refractivity contribution in [2.75, 3.05) is 10.7 Å². The fourth-order valence-electron chi connectivity index (χ4n) is 7.39. The van der Waals surface area contributed by atoms with Crippen LogP contribution in [0.25, 0.3) is 6.08 Å². The van der Waals surface area contributed by atoms with Crippen LogP contribution in [0.4, 0.5) is 10.1 Å². The molecule has 2 aromatic carbocycles. The summed E-state index contributed by atoms with van der Waals surface area (Å²) in [5, 5.41) is 3.73. The summed E-state index contributed by atoms with van der Waals surface area (Å²) < 4.78 is 13.6. The van der Waals surface area contributed by atoms with Crippen LogP contribution in [0.15, 0.2) is 65.3 Å². The number of nitrogens with one attached hydrogen (secondary N) is 1. The summed E-state index contributed by atoms with van der Waals surface area (Å²) >= 11 is 1.24. The number of nitrogens with zero attached hydrogens (tertiary/aromatic N) is 2. The maximum Gasteiger partial charge on any atom is 0.283 e. The summed E-state index contributed by atoms with van der Waals surface area (Å²) in [6.07, 6.45) is 9.58. The Morgan fingerprint density at radius 2 is 1.70 bits per heavy atom. The molecule has 4 fully saturated rings. The minimum Gasteiger partial charge on any atom is -0.352 e. The maximum atomic E-state index is 13.6. The number of benzene rings is 2. The molecule has 0 aromatic heterocycles. The second kappa shape index (κ2) is 9.75. The van der Waals surface area contributed by atoms with Gasteiger partial charge in [-0.15, -0.1) is 0 Å². The second-order valence-corrected chi connectivity index (χ2v) is 12.3. The molecular weight excluding hydrogens is 485 g/mol. The van der Waals surface area contributed by atoms with Crippen LogP contribution in [0, 0.1) is 29.0 Å². The zero-order valence-electron chi connectivity index (χ0n) is 21.0. The van der Waals surface area contributed by atoms with Crippen LogP contribution in [-0.4, -0.2) is 28.8 Å². The molecule has 4 aliphatic carbocycles. The van der Waals surface area contributed by atoms with E-state index >= 15 is 0 Å². The predicted molar refractivity (Wildman–Crippen MR) is 146 cm³/mol. The van der Waals surface area contributed by atoms with Crippen LogP contribution in [0.1, 0.15) is 51.0 Å². The van der Waals surface area contributed by atoms with Gasteiger partial charge in [0.1, 0.15) is 11.5 Å². The third-order valence-corrected chi connectivity index (χ3v) is 9.67. The number of hydrogen-bond donors (Lipinski definition) is 1. The molecule has 1 atom stereocenters. The molecule has 5 nitrogen and oxygen atoms in total. The van der Waals surface area contributed by atoms with E-state index in [-0.39, 0.29) is 34.8 Å². The van der Waals surface area contributed by atoms with Crippen molar-refractivity contribution < 1.29 is 14.0 Å². The van der Waals surface area contributed by atoms with Gasteiger partial charge in [-0.25, -0.2) is 9.38 Å². The Kier molecular flexibility index (Phi) is 6.43. The second-order valence-electron chi connectivity index (χ2n) is 11.3. The van der Waals surface area contributed by atoms with E-state index in [0.29, 0.717) is 16.6 Å². The van der Waals surface area contributed by atoms with Crippen molar-refractivity contribution >= 4 is 40.5 Å². The minimum absolute atomic E-state index is 0.0389. The first-order valence-electron chi connectivity index (χ1n) is 13.3. The molecule has 192 valence electrons. The summed E-state index contributed by atoms with van der Waals surface area (Å²) in [5.74, 6) is 1.95. The van der Waals surface area contributed by atoms with Gasteiger partial charge in [0, 0.05) is 6.04 Å². The number of rotatable bonds is 6. The van der Waals surface area contributed by atoms with Gasteiger partial charge >= 0.3 is 0 Å². The minimum atomic E-state index is -0.375. The molecule has 2 amide bonds. The Bertz CT molecular complexity index is 1220. The quantitative estimate of drug-likeness (QED) is 0.477. The van der Waals surface area contributed by atoms with Gasteiger partial charge in [0.2, 0.25) is 5.91 Å². The number of amidine groups is 1. The molecule has 4 bridgehead atoms. The fraction of sp³-hybridized carbons (Fsp3) is 0.433. The number of anilines is 1. The zero-order chi connectivity index (χ0) is 25.6. The molecule has 1 aliphatic heterocycles. The number of carbonyl (C=O) groups excluding carboxylic acids is 2. The molecule has 2 aromatic rings. The molecule has 7 rings (SSSR count). The molecule has 0 spiro atoms. The standard InChI is InChI=1S/C30H32FN3O2S/c1-19(30-15-21-11-22(16-30)13-23(12-21)17-30)32-27(35)18-37-29-33-26(14-20-5-3-2-4-6-20)28(36)34(29)25-9-7-24(31)8-10-25/h2-10,14,19,21-23H,11-13,15-18H2,1H3,(H,32,35)/b26-14+. The molecule has 1 heterocycles. The van der Waals surface area contributed by atoms with Gasteiger partial charge < -0.3 is 5.32 Å². The van der Waals surface area contributed by atoms with Gasteiger partial charge in [0.05, 0.1) is 11.4 Å². The average molecular weight is 518 g/mol. The van der Waals surface area contributed by atoms with Crippen LogP contribution in [-0.2, 0) is 9.59 Å². The zero-order valence-corrected chi connectivity index (χ0v) is 21.8. The Balaban J connectivity index is 1.17. The smallest absolute Gasteiger partial charge is 0.283 e. The first-order chi connectivity index (χ1) is 17.9. The molecule has 1 unspecified atom stereocenters. The largest absolute Gasteiger partial charge is 0.352 e. The molecule has 0 radical (unpaired) electrons. The number of thioether (sulfide) groups is 1. The van der Waals surface area contributed by atoms with Crippen molar-refractivity contribution in [2.45, 2.75) is 51.5 Å². The number of aliphatic imine (C=N–C) groups is 1. The summed E-state index contributed by atoms with van der Waals surface area (Å²) in [6.45, 7) is 2.18. The van der Waals surface area contributed by atoms with Crippen LogP contribution in [0.5, 0.6) is 0 Å². The third-order valence-electron chi connectivity index (χ3n) is 8.73. The highest BCUT2D eigenvalue weighted by Crippen LogP contribution is 2.61. The van der Waals surface area contributed by atoms with Crippen molar-refractivity contribution in [3.8, 4) is 0 Å². The van der Waals surface area contributed by atoms with Crippen molar-refractivity contribution in [3.63, 3.8) is 0 Å². The van der Waals surface area contributed by atoms with Crippen LogP contribution < -0.4 is 10.2 Å². The Labute approximate surface area is 221 Å². The lowest BCUT2D eigenvalue weighted by Gasteiger charge is -2.59. The summed E-state index contributed by atoms with van der Waals surface area (Å²) in [7, 11) is 0. The van der Waals surface area contributed by atoms with Gasteiger partial charge in [-0.2, -0.15) is 0 Å². The van der Waals surface area contributed by atoms with Crippen molar-refractivity contribution in [2.24, 2.45) is 28.2 Å². The van der Waals surface area contributed by atoms with E-state index in [4.69, 9.17) is 0 Å². The lowest BCUT2D eigenvalue weighted by molar-refractivity contribution is -0.123. The highest BCUT2D eigenvalue weighted by Gasteiger charge is 2.53. The molecule has 4 saturated carbocycles. The van der Waals surface area contributed by atoms with Crippen molar-refractivity contribution in [1.82, 2.24) is 5.32 Å². The molecule has 1 N–H and O–H groups in total. The van der Waals surface area contributed by atoms with Crippen LogP contribution >= 0.6 is 11.8 Å².